The van der Waals surface area contributed by atoms with Crippen LogP contribution in [0.25, 0.3) is 0 Å². The third kappa shape index (κ3) is 6.58. The van der Waals surface area contributed by atoms with E-state index in [4.69, 9.17) is 4.74 Å². The third-order valence-electron chi connectivity index (χ3n) is 4.10. The molecule has 150 valence electrons. The summed E-state index contributed by atoms with van der Waals surface area (Å²) in [4.78, 5) is -0.282. The van der Waals surface area contributed by atoms with Gasteiger partial charge in [0.1, 0.15) is 5.75 Å². The van der Waals surface area contributed by atoms with Crippen molar-refractivity contribution in [3.05, 3.63) is 24.3 Å². The summed E-state index contributed by atoms with van der Waals surface area (Å²) < 4.78 is 73.2. The van der Waals surface area contributed by atoms with Crippen molar-refractivity contribution in [3.8, 4) is 5.75 Å². The van der Waals surface area contributed by atoms with Gasteiger partial charge in [-0.2, -0.15) is 0 Å². The van der Waals surface area contributed by atoms with E-state index in [1.54, 1.807) is 7.11 Å². The second-order valence-electron chi connectivity index (χ2n) is 6.03. The molecule has 0 unspecified atom stereocenters. The van der Waals surface area contributed by atoms with E-state index >= 15 is 0 Å². The van der Waals surface area contributed by atoms with Gasteiger partial charge in [0.25, 0.3) is 0 Å². The van der Waals surface area contributed by atoms with Gasteiger partial charge in [-0.1, -0.05) is 6.07 Å². The average molecular weight is 419 g/mol. The van der Waals surface area contributed by atoms with Crippen LogP contribution in [0.5, 0.6) is 5.75 Å². The standard InChI is InChI=1S/C15H21F3N2O4S.ClH/c1-23-11-14(5-7-19-8-6-14)10-20-25(21,22)13-4-2-3-12(9-13)24-15(16,17)18;/h2-4,9,19-20H,5-8,10-11H2,1H3;1H. The van der Waals surface area contributed by atoms with Crippen LogP contribution < -0.4 is 14.8 Å². The number of methoxy groups -OCH3 is 1. The number of ether oxygens (including phenoxy) is 2. The van der Waals surface area contributed by atoms with Crippen LogP contribution in [0.1, 0.15) is 12.8 Å². The predicted molar refractivity (Wildman–Crippen MR) is 92.0 cm³/mol. The van der Waals surface area contributed by atoms with Crippen molar-refractivity contribution in [1.29, 1.82) is 0 Å². The van der Waals surface area contributed by atoms with Crippen molar-refractivity contribution in [1.82, 2.24) is 10.0 Å². The van der Waals surface area contributed by atoms with Gasteiger partial charge in [0.05, 0.1) is 11.5 Å². The van der Waals surface area contributed by atoms with Crippen LogP contribution in [0.2, 0.25) is 0 Å². The molecule has 0 bridgehead atoms. The monoisotopic (exact) mass is 418 g/mol. The van der Waals surface area contributed by atoms with Crippen molar-refractivity contribution in [2.45, 2.75) is 24.1 Å². The number of sulfonamides is 1. The molecule has 1 aromatic rings. The number of hydrogen-bond donors (Lipinski definition) is 2. The summed E-state index contributed by atoms with van der Waals surface area (Å²) in [6.45, 7) is 2.05. The second kappa shape index (κ2) is 9.23. The summed E-state index contributed by atoms with van der Waals surface area (Å²) in [6, 6.07) is 4.31. The highest BCUT2D eigenvalue weighted by atomic mass is 35.5. The summed E-state index contributed by atoms with van der Waals surface area (Å²) >= 11 is 0. The Kier molecular flexibility index (Phi) is 8.15. The minimum absolute atomic E-state index is 0. The maximum Gasteiger partial charge on any atom is 0.573 e. The Morgan fingerprint density at radius 2 is 1.92 bits per heavy atom. The van der Waals surface area contributed by atoms with Gasteiger partial charge in [-0.05, 0) is 38.1 Å². The molecule has 1 aliphatic heterocycles. The van der Waals surface area contributed by atoms with E-state index in [1.807, 2.05) is 0 Å². The first-order valence-electron chi connectivity index (χ1n) is 7.71. The molecule has 0 amide bonds. The largest absolute Gasteiger partial charge is 0.573 e. The predicted octanol–water partition coefficient (Wildman–Crippen LogP) is 2.30. The highest BCUT2D eigenvalue weighted by molar-refractivity contribution is 7.89. The number of piperidine rings is 1. The highest BCUT2D eigenvalue weighted by Crippen LogP contribution is 2.29. The molecule has 0 aliphatic carbocycles. The molecule has 2 N–H and O–H groups in total. The molecule has 1 fully saturated rings. The van der Waals surface area contributed by atoms with E-state index in [0.717, 1.165) is 38.1 Å². The van der Waals surface area contributed by atoms with Crippen LogP contribution in [0.15, 0.2) is 29.2 Å². The smallest absolute Gasteiger partial charge is 0.406 e. The fraction of sp³-hybridized carbons (Fsp3) is 0.600. The van der Waals surface area contributed by atoms with Gasteiger partial charge in [0.2, 0.25) is 10.0 Å². The minimum Gasteiger partial charge on any atom is -0.406 e. The highest BCUT2D eigenvalue weighted by Gasteiger charge is 2.34. The topological polar surface area (TPSA) is 76.7 Å². The molecule has 26 heavy (non-hydrogen) atoms. The molecule has 2 rings (SSSR count). The van der Waals surface area contributed by atoms with Crippen molar-refractivity contribution < 1.29 is 31.1 Å². The van der Waals surface area contributed by atoms with Crippen molar-refractivity contribution in [2.75, 3.05) is 33.4 Å². The molecule has 0 spiro atoms. The van der Waals surface area contributed by atoms with Gasteiger partial charge >= 0.3 is 6.36 Å². The molecular formula is C15H22ClF3N2O4S. The van der Waals surface area contributed by atoms with Crippen LogP contribution >= 0.6 is 12.4 Å². The summed E-state index contributed by atoms with van der Waals surface area (Å²) in [7, 11) is -2.42. The van der Waals surface area contributed by atoms with Crippen LogP contribution in [-0.2, 0) is 14.8 Å². The molecular weight excluding hydrogens is 397 g/mol. The molecule has 11 heteroatoms. The zero-order valence-electron chi connectivity index (χ0n) is 14.1. The summed E-state index contributed by atoms with van der Waals surface area (Å²) in [5, 5.41) is 3.20. The summed E-state index contributed by atoms with van der Waals surface area (Å²) in [5.74, 6) is -0.580. The van der Waals surface area contributed by atoms with Crippen molar-refractivity contribution in [3.63, 3.8) is 0 Å². The lowest BCUT2D eigenvalue weighted by Crippen LogP contribution is -2.47. The zero-order valence-corrected chi connectivity index (χ0v) is 15.8. The SMILES string of the molecule is COCC1(CNS(=O)(=O)c2cccc(OC(F)(F)F)c2)CCNCC1.Cl. The quantitative estimate of drug-likeness (QED) is 0.710. The molecule has 0 radical (unpaired) electrons. The van der Waals surface area contributed by atoms with Crippen molar-refractivity contribution >= 4 is 22.4 Å². The molecule has 1 aliphatic rings. The molecule has 1 saturated heterocycles. The fourth-order valence-corrected chi connectivity index (χ4v) is 4.00. The molecule has 1 heterocycles. The summed E-state index contributed by atoms with van der Waals surface area (Å²) in [6.07, 6.45) is -3.41. The fourth-order valence-electron chi connectivity index (χ4n) is 2.81. The zero-order chi connectivity index (χ0) is 18.6. The Bertz CT molecular complexity index is 674. The Morgan fingerprint density at radius 3 is 2.50 bits per heavy atom. The number of benzene rings is 1. The number of nitrogens with one attached hydrogen (secondary N) is 2. The van der Waals surface area contributed by atoms with Crippen LogP contribution in [0, 0.1) is 5.41 Å². The number of hydrogen-bond acceptors (Lipinski definition) is 5. The van der Waals surface area contributed by atoms with E-state index in [-0.39, 0.29) is 29.3 Å². The number of alkyl halides is 3. The molecule has 0 aromatic heterocycles. The van der Waals surface area contributed by atoms with Gasteiger partial charge in [0, 0.05) is 25.1 Å². The van der Waals surface area contributed by atoms with Crippen molar-refractivity contribution in [2.24, 2.45) is 5.41 Å². The van der Waals surface area contributed by atoms with Gasteiger partial charge in [-0.15, -0.1) is 25.6 Å². The first-order valence-corrected chi connectivity index (χ1v) is 9.19. The maximum absolute atomic E-state index is 12.4. The molecule has 1 aromatic carbocycles. The molecule has 6 nitrogen and oxygen atoms in total. The first kappa shape index (κ1) is 23.0. The van der Waals surface area contributed by atoms with E-state index in [1.165, 1.54) is 12.1 Å². The Balaban J connectivity index is 0.00000338. The minimum atomic E-state index is -4.88. The van der Waals surface area contributed by atoms with E-state index < -0.39 is 22.1 Å². The van der Waals surface area contributed by atoms with Gasteiger partial charge in [-0.3, -0.25) is 0 Å². The van der Waals surface area contributed by atoms with Crippen LogP contribution in [-0.4, -0.2) is 48.1 Å². The van der Waals surface area contributed by atoms with Crippen LogP contribution in [0.4, 0.5) is 13.2 Å². The van der Waals surface area contributed by atoms with Gasteiger partial charge in [-0.25, -0.2) is 13.1 Å². The Hall–Kier alpha value is -1.07. The Morgan fingerprint density at radius 1 is 1.27 bits per heavy atom. The Labute approximate surface area is 156 Å². The van der Waals surface area contributed by atoms with E-state index in [9.17, 15) is 21.6 Å². The van der Waals surface area contributed by atoms with E-state index in [2.05, 4.69) is 14.8 Å². The number of rotatable bonds is 7. The third-order valence-corrected chi connectivity index (χ3v) is 5.50. The van der Waals surface area contributed by atoms with E-state index in [0.29, 0.717) is 6.61 Å². The lowest BCUT2D eigenvalue weighted by molar-refractivity contribution is -0.274. The van der Waals surface area contributed by atoms with Crippen LogP contribution in [0.3, 0.4) is 0 Å². The van der Waals surface area contributed by atoms with Gasteiger partial charge < -0.3 is 14.8 Å². The summed E-state index contributed by atoms with van der Waals surface area (Å²) in [5.41, 5.74) is -0.340. The lowest BCUT2D eigenvalue weighted by Gasteiger charge is -2.37. The lowest BCUT2D eigenvalue weighted by atomic mass is 9.80. The maximum atomic E-state index is 12.4. The van der Waals surface area contributed by atoms with Gasteiger partial charge in [0.15, 0.2) is 0 Å². The average Bonchev–Trinajstić information content (AvgIpc) is 2.53. The second-order valence-corrected chi connectivity index (χ2v) is 7.80. The molecule has 0 atom stereocenters. The molecule has 0 saturated carbocycles. The first-order chi connectivity index (χ1) is 11.7. The normalized spacial score (nSPS) is 17.4. The number of halogens is 4.